The number of aliphatic carboxylic acids is 1. The Morgan fingerprint density at radius 1 is 1.04 bits per heavy atom. The minimum Gasteiger partial charge on any atom is -0.480 e. The van der Waals surface area contributed by atoms with Crippen LogP contribution in [0.15, 0.2) is 48.5 Å². The summed E-state index contributed by atoms with van der Waals surface area (Å²) in [7, 11) is 0. The molecule has 2 rings (SSSR count). The molecule has 2 aromatic rings. The lowest BCUT2D eigenvalue weighted by Crippen LogP contribution is -2.42. The monoisotopic (exact) mass is 319 g/mol. The van der Waals surface area contributed by atoms with Crippen LogP contribution >= 0.6 is 0 Å². The Bertz CT molecular complexity index is 845. The first-order valence-corrected chi connectivity index (χ1v) is 7.06. The highest BCUT2D eigenvalue weighted by atomic mass is 16.4. The Labute approximate surface area is 138 Å². The molecule has 0 fully saturated rings. The lowest BCUT2D eigenvalue weighted by atomic mass is 10.0. The number of benzene rings is 2. The van der Waals surface area contributed by atoms with Crippen LogP contribution in [0, 0.1) is 22.7 Å². The summed E-state index contributed by atoms with van der Waals surface area (Å²) in [4.78, 5) is 23.6. The second-order valence-corrected chi connectivity index (χ2v) is 5.07. The number of nitrogens with one attached hydrogen (secondary N) is 1. The van der Waals surface area contributed by atoms with Gasteiger partial charge in [-0.15, -0.1) is 0 Å². The van der Waals surface area contributed by atoms with E-state index in [1.807, 2.05) is 12.1 Å². The van der Waals surface area contributed by atoms with E-state index in [1.54, 1.807) is 24.3 Å². The lowest BCUT2D eigenvalue weighted by molar-refractivity contribution is -0.139. The van der Waals surface area contributed by atoms with Gasteiger partial charge in [0.05, 0.1) is 23.3 Å². The molecule has 0 saturated carbocycles. The molecule has 0 spiro atoms. The van der Waals surface area contributed by atoms with Crippen molar-refractivity contribution in [2.24, 2.45) is 0 Å². The van der Waals surface area contributed by atoms with E-state index in [1.165, 1.54) is 24.3 Å². The highest BCUT2D eigenvalue weighted by Crippen LogP contribution is 2.09. The van der Waals surface area contributed by atoms with Gasteiger partial charge in [0, 0.05) is 12.0 Å². The largest absolute Gasteiger partial charge is 0.480 e. The lowest BCUT2D eigenvalue weighted by Gasteiger charge is -2.15. The second kappa shape index (κ2) is 7.57. The van der Waals surface area contributed by atoms with Crippen LogP contribution in [-0.2, 0) is 11.2 Å². The molecule has 0 unspecified atom stereocenters. The average Bonchev–Trinajstić information content (AvgIpc) is 2.61. The molecule has 0 aliphatic heterocycles. The third kappa shape index (κ3) is 4.19. The molecule has 1 amide bonds. The van der Waals surface area contributed by atoms with Gasteiger partial charge in [-0.3, -0.25) is 4.79 Å². The molecule has 2 N–H and O–H groups in total. The molecule has 0 heterocycles. The van der Waals surface area contributed by atoms with Gasteiger partial charge in [0.15, 0.2) is 0 Å². The van der Waals surface area contributed by atoms with E-state index in [2.05, 4.69) is 5.32 Å². The van der Waals surface area contributed by atoms with E-state index >= 15 is 0 Å². The maximum atomic E-state index is 12.2. The third-order valence-corrected chi connectivity index (χ3v) is 3.38. The van der Waals surface area contributed by atoms with Gasteiger partial charge in [0.2, 0.25) is 0 Å². The van der Waals surface area contributed by atoms with Crippen LogP contribution < -0.4 is 5.32 Å². The van der Waals surface area contributed by atoms with Crippen LogP contribution in [0.1, 0.15) is 27.0 Å². The van der Waals surface area contributed by atoms with Crippen LogP contribution in [0.25, 0.3) is 0 Å². The van der Waals surface area contributed by atoms with Crippen LogP contribution in [0.2, 0.25) is 0 Å². The van der Waals surface area contributed by atoms with Gasteiger partial charge < -0.3 is 10.4 Å². The molecule has 0 radical (unpaired) electrons. The van der Waals surface area contributed by atoms with E-state index in [0.717, 1.165) is 0 Å². The summed E-state index contributed by atoms with van der Waals surface area (Å²) in [6, 6.07) is 15.3. The first-order chi connectivity index (χ1) is 11.5. The van der Waals surface area contributed by atoms with Crippen molar-refractivity contribution in [2.45, 2.75) is 12.5 Å². The zero-order valence-electron chi connectivity index (χ0n) is 12.6. The number of carboxylic acids is 1. The van der Waals surface area contributed by atoms with Gasteiger partial charge in [0.25, 0.3) is 5.91 Å². The van der Waals surface area contributed by atoms with Crippen molar-refractivity contribution in [3.05, 3.63) is 70.8 Å². The minimum atomic E-state index is -1.17. The van der Waals surface area contributed by atoms with Crippen molar-refractivity contribution in [3.8, 4) is 12.1 Å². The topological polar surface area (TPSA) is 114 Å². The molecular formula is C18H13N3O3. The van der Waals surface area contributed by atoms with Gasteiger partial charge in [-0.05, 0) is 42.0 Å². The van der Waals surface area contributed by atoms with Crippen molar-refractivity contribution in [3.63, 3.8) is 0 Å². The molecule has 0 bridgehead atoms. The zero-order valence-corrected chi connectivity index (χ0v) is 12.6. The van der Waals surface area contributed by atoms with Crippen molar-refractivity contribution in [1.29, 1.82) is 10.5 Å². The normalized spacial score (nSPS) is 10.9. The summed E-state index contributed by atoms with van der Waals surface area (Å²) in [5.74, 6) is -1.71. The third-order valence-electron chi connectivity index (χ3n) is 3.38. The Morgan fingerprint density at radius 2 is 1.71 bits per heavy atom. The SMILES string of the molecule is N#Cc1ccc(C(=O)N[C@H](Cc2cccc(C#N)c2)C(=O)O)cc1. The predicted octanol–water partition coefficient (Wildman–Crippen LogP) is 1.86. The Kier molecular flexibility index (Phi) is 5.28. The quantitative estimate of drug-likeness (QED) is 0.873. The summed E-state index contributed by atoms with van der Waals surface area (Å²) in [5, 5.41) is 29.4. The number of carbonyl (C=O) groups is 2. The highest BCUT2D eigenvalue weighted by molar-refractivity contribution is 5.96. The fraction of sp³-hybridized carbons (Fsp3) is 0.111. The summed E-state index contributed by atoms with van der Waals surface area (Å²) >= 11 is 0. The van der Waals surface area contributed by atoms with E-state index in [4.69, 9.17) is 10.5 Å². The van der Waals surface area contributed by atoms with Crippen molar-refractivity contribution in [1.82, 2.24) is 5.32 Å². The van der Waals surface area contributed by atoms with Crippen LogP contribution in [0.3, 0.4) is 0 Å². The summed E-state index contributed by atoms with van der Waals surface area (Å²) < 4.78 is 0. The molecule has 0 aromatic heterocycles. The molecular weight excluding hydrogens is 306 g/mol. The van der Waals surface area contributed by atoms with Crippen molar-refractivity contribution in [2.75, 3.05) is 0 Å². The van der Waals surface area contributed by atoms with E-state index in [-0.39, 0.29) is 12.0 Å². The molecule has 24 heavy (non-hydrogen) atoms. The number of nitriles is 2. The van der Waals surface area contributed by atoms with Gasteiger partial charge in [-0.25, -0.2) is 4.79 Å². The fourth-order valence-corrected chi connectivity index (χ4v) is 2.14. The molecule has 0 saturated heterocycles. The number of carboxylic acid groups (broad SMARTS) is 1. The van der Waals surface area contributed by atoms with E-state index in [9.17, 15) is 14.7 Å². The van der Waals surface area contributed by atoms with E-state index < -0.39 is 17.9 Å². The highest BCUT2D eigenvalue weighted by Gasteiger charge is 2.21. The number of nitrogens with zero attached hydrogens (tertiary/aromatic N) is 2. The van der Waals surface area contributed by atoms with Gasteiger partial charge in [0.1, 0.15) is 6.04 Å². The standard InChI is InChI=1S/C18H13N3O3/c19-10-12-4-6-15(7-5-12)17(22)21-16(18(23)24)9-13-2-1-3-14(8-13)11-20/h1-8,16H,9H2,(H,21,22)(H,23,24)/t16-/m1/s1. The zero-order chi connectivity index (χ0) is 17.5. The molecule has 0 aliphatic carbocycles. The molecule has 0 aliphatic rings. The van der Waals surface area contributed by atoms with Crippen molar-refractivity contribution < 1.29 is 14.7 Å². The summed E-state index contributed by atoms with van der Waals surface area (Å²) in [6.45, 7) is 0. The molecule has 1 atom stereocenters. The maximum Gasteiger partial charge on any atom is 0.326 e. The van der Waals surface area contributed by atoms with Gasteiger partial charge in [-0.1, -0.05) is 12.1 Å². The van der Waals surface area contributed by atoms with Crippen LogP contribution in [0.4, 0.5) is 0 Å². The summed E-state index contributed by atoms with van der Waals surface area (Å²) in [5.41, 5.74) is 1.75. The molecule has 118 valence electrons. The smallest absolute Gasteiger partial charge is 0.326 e. The minimum absolute atomic E-state index is 0.0624. The number of carbonyl (C=O) groups excluding carboxylic acids is 1. The molecule has 6 nitrogen and oxygen atoms in total. The Balaban J connectivity index is 2.13. The maximum absolute atomic E-state index is 12.2. The first kappa shape index (κ1) is 16.7. The second-order valence-electron chi connectivity index (χ2n) is 5.07. The number of hydrogen-bond acceptors (Lipinski definition) is 4. The summed E-state index contributed by atoms with van der Waals surface area (Å²) in [6.07, 6.45) is 0.0624. The number of hydrogen-bond donors (Lipinski definition) is 2. The Morgan fingerprint density at radius 3 is 2.29 bits per heavy atom. The first-order valence-electron chi connectivity index (χ1n) is 7.06. The number of amides is 1. The average molecular weight is 319 g/mol. The van der Waals surface area contributed by atoms with Gasteiger partial charge >= 0.3 is 5.97 Å². The molecule has 2 aromatic carbocycles. The predicted molar refractivity (Wildman–Crippen MR) is 84.9 cm³/mol. The molecule has 6 heteroatoms. The fourth-order valence-electron chi connectivity index (χ4n) is 2.14. The Hall–Kier alpha value is -3.64. The van der Waals surface area contributed by atoms with Crippen molar-refractivity contribution >= 4 is 11.9 Å². The van der Waals surface area contributed by atoms with Crippen LogP contribution in [0.5, 0.6) is 0 Å². The van der Waals surface area contributed by atoms with Crippen LogP contribution in [-0.4, -0.2) is 23.0 Å². The van der Waals surface area contributed by atoms with Gasteiger partial charge in [-0.2, -0.15) is 10.5 Å². The van der Waals surface area contributed by atoms with E-state index in [0.29, 0.717) is 16.7 Å². The number of rotatable bonds is 5.